The molecule has 3 heteroatoms. The van der Waals surface area contributed by atoms with Crippen LogP contribution in [0.25, 0.3) is 0 Å². The molecule has 2 atom stereocenters. The molecule has 0 rings (SSSR count). The van der Waals surface area contributed by atoms with E-state index in [1.165, 1.54) is 51.4 Å². The van der Waals surface area contributed by atoms with Crippen molar-refractivity contribution in [2.24, 2.45) is 5.73 Å². The van der Waals surface area contributed by atoms with E-state index in [2.05, 4.69) is 19.1 Å². The molecule has 4 N–H and O–H groups in total. The molecule has 21 heavy (non-hydrogen) atoms. The van der Waals surface area contributed by atoms with Gasteiger partial charge in [-0.1, -0.05) is 56.9 Å². The summed E-state index contributed by atoms with van der Waals surface area (Å²) in [6, 6.07) is -0.566. The zero-order valence-electron chi connectivity index (χ0n) is 13.7. The third-order valence-electron chi connectivity index (χ3n) is 3.62. The summed E-state index contributed by atoms with van der Waals surface area (Å²) in [6.07, 6.45) is 19.9. The van der Waals surface area contributed by atoms with Gasteiger partial charge in [-0.15, -0.1) is 0 Å². The molecule has 124 valence electrons. The van der Waals surface area contributed by atoms with E-state index < -0.39 is 12.1 Å². The summed E-state index contributed by atoms with van der Waals surface area (Å²) in [4.78, 5) is 0. The first-order valence-electron chi connectivity index (χ1n) is 8.58. The minimum absolute atomic E-state index is 0.184. The van der Waals surface area contributed by atoms with Crippen LogP contribution in [0.1, 0.15) is 71.1 Å². The molecule has 0 heterocycles. The van der Waals surface area contributed by atoms with Crippen LogP contribution in [0.4, 0.5) is 0 Å². The maximum absolute atomic E-state index is 9.51. The van der Waals surface area contributed by atoms with Crippen LogP contribution in [0.5, 0.6) is 0 Å². The zero-order chi connectivity index (χ0) is 15.8. The molecule has 0 spiro atoms. The lowest BCUT2D eigenvalue weighted by atomic mass is 10.1. The quantitative estimate of drug-likeness (QED) is 0.338. The number of hydrogen-bond acceptors (Lipinski definition) is 3. The van der Waals surface area contributed by atoms with Crippen molar-refractivity contribution in [2.75, 3.05) is 6.61 Å². The van der Waals surface area contributed by atoms with Gasteiger partial charge >= 0.3 is 0 Å². The third kappa shape index (κ3) is 14.1. The van der Waals surface area contributed by atoms with Crippen LogP contribution < -0.4 is 5.73 Å². The Labute approximate surface area is 130 Å². The maximum Gasteiger partial charge on any atom is 0.0894 e. The first-order chi connectivity index (χ1) is 10.2. The lowest BCUT2D eigenvalue weighted by molar-refractivity contribution is 0.144. The summed E-state index contributed by atoms with van der Waals surface area (Å²) < 4.78 is 0. The predicted octanol–water partition coefficient (Wildman–Crippen LogP) is 3.70. The fourth-order valence-corrected chi connectivity index (χ4v) is 2.11. The Morgan fingerprint density at radius 1 is 0.857 bits per heavy atom. The smallest absolute Gasteiger partial charge is 0.0894 e. The van der Waals surface area contributed by atoms with Gasteiger partial charge in [-0.2, -0.15) is 0 Å². The largest absolute Gasteiger partial charge is 0.395 e. The Kier molecular flexibility index (Phi) is 15.3. The van der Waals surface area contributed by atoms with Crippen molar-refractivity contribution in [2.45, 2.75) is 83.3 Å². The molecule has 3 nitrogen and oxygen atoms in total. The Balaban J connectivity index is 3.32. The highest BCUT2D eigenvalue weighted by Gasteiger charge is 2.08. The van der Waals surface area contributed by atoms with Crippen LogP contribution in [0.2, 0.25) is 0 Å². The average molecular weight is 297 g/mol. The number of hydrogen-bond donors (Lipinski definition) is 3. The molecular formula is C18H35NO2. The van der Waals surface area contributed by atoms with Crippen LogP contribution in [-0.4, -0.2) is 29.0 Å². The van der Waals surface area contributed by atoms with Crippen LogP contribution >= 0.6 is 0 Å². The summed E-state index contributed by atoms with van der Waals surface area (Å²) in [5.74, 6) is 0. The molecule has 0 bridgehead atoms. The van der Waals surface area contributed by atoms with E-state index in [9.17, 15) is 5.11 Å². The van der Waals surface area contributed by atoms with E-state index in [-0.39, 0.29) is 6.61 Å². The minimum Gasteiger partial charge on any atom is -0.395 e. The summed E-state index contributed by atoms with van der Waals surface area (Å²) in [7, 11) is 0. The normalized spacial score (nSPS) is 15.0. The second-order valence-electron chi connectivity index (χ2n) is 5.72. The minimum atomic E-state index is -0.731. The van der Waals surface area contributed by atoms with Gasteiger partial charge in [-0.05, 0) is 38.5 Å². The molecule has 0 radical (unpaired) electrons. The molecular weight excluding hydrogens is 262 g/mol. The van der Waals surface area contributed by atoms with Crippen molar-refractivity contribution in [3.05, 3.63) is 24.3 Å². The van der Waals surface area contributed by atoms with Gasteiger partial charge in [0.05, 0.1) is 18.8 Å². The van der Waals surface area contributed by atoms with Gasteiger partial charge < -0.3 is 15.9 Å². The number of nitrogens with two attached hydrogens (primary N) is 1. The SMILES string of the molecule is CCCCCC/C=C\CCCCC/C=C/[C@@H](O)[C@@H](N)CO. The van der Waals surface area contributed by atoms with Gasteiger partial charge in [-0.3, -0.25) is 0 Å². The highest BCUT2D eigenvalue weighted by atomic mass is 16.3. The van der Waals surface area contributed by atoms with Crippen LogP contribution in [0.3, 0.4) is 0 Å². The summed E-state index contributed by atoms with van der Waals surface area (Å²) in [5.41, 5.74) is 5.50. The third-order valence-corrected chi connectivity index (χ3v) is 3.62. The van der Waals surface area contributed by atoms with Gasteiger partial charge in [0.2, 0.25) is 0 Å². The summed E-state index contributed by atoms with van der Waals surface area (Å²) in [6.45, 7) is 2.06. The van der Waals surface area contributed by atoms with Crippen LogP contribution in [0.15, 0.2) is 24.3 Å². The number of aliphatic hydroxyl groups excluding tert-OH is 2. The van der Waals surface area contributed by atoms with Gasteiger partial charge in [0.25, 0.3) is 0 Å². The van der Waals surface area contributed by atoms with E-state index >= 15 is 0 Å². The number of aliphatic hydroxyl groups is 2. The van der Waals surface area contributed by atoms with E-state index in [0.29, 0.717) is 0 Å². The molecule has 0 aromatic heterocycles. The van der Waals surface area contributed by atoms with Crippen molar-refractivity contribution < 1.29 is 10.2 Å². The van der Waals surface area contributed by atoms with E-state index in [4.69, 9.17) is 10.8 Å². The molecule has 0 aliphatic heterocycles. The van der Waals surface area contributed by atoms with E-state index in [0.717, 1.165) is 12.8 Å². The summed E-state index contributed by atoms with van der Waals surface area (Å²) in [5, 5.41) is 18.3. The van der Waals surface area contributed by atoms with Gasteiger partial charge in [-0.25, -0.2) is 0 Å². The maximum atomic E-state index is 9.51. The lowest BCUT2D eigenvalue weighted by Crippen LogP contribution is -2.36. The topological polar surface area (TPSA) is 66.5 Å². The Morgan fingerprint density at radius 2 is 1.38 bits per heavy atom. The lowest BCUT2D eigenvalue weighted by Gasteiger charge is -2.11. The van der Waals surface area contributed by atoms with Crippen molar-refractivity contribution in [3.63, 3.8) is 0 Å². The number of allylic oxidation sites excluding steroid dienone is 3. The molecule has 0 aromatic carbocycles. The van der Waals surface area contributed by atoms with Gasteiger partial charge in [0.1, 0.15) is 0 Å². The van der Waals surface area contributed by atoms with E-state index in [1.54, 1.807) is 6.08 Å². The highest BCUT2D eigenvalue weighted by Crippen LogP contribution is 2.07. The standard InChI is InChI=1S/C18H35NO2/c1-2-3-4-5-6-7-8-9-10-11-12-13-14-15-18(21)17(19)16-20/h7-8,14-15,17-18,20-21H,2-6,9-13,16,19H2,1H3/b8-7-,15-14+/t17-,18+/m0/s1. The average Bonchev–Trinajstić information content (AvgIpc) is 2.50. The zero-order valence-corrected chi connectivity index (χ0v) is 13.7. The monoisotopic (exact) mass is 297 g/mol. The van der Waals surface area contributed by atoms with Crippen molar-refractivity contribution in [3.8, 4) is 0 Å². The molecule has 0 unspecified atom stereocenters. The number of rotatable bonds is 14. The fourth-order valence-electron chi connectivity index (χ4n) is 2.11. The predicted molar refractivity (Wildman–Crippen MR) is 91.2 cm³/mol. The van der Waals surface area contributed by atoms with Crippen LogP contribution in [0, 0.1) is 0 Å². The Morgan fingerprint density at radius 3 is 1.90 bits per heavy atom. The van der Waals surface area contributed by atoms with Gasteiger partial charge in [0, 0.05) is 0 Å². The fraction of sp³-hybridized carbons (Fsp3) is 0.778. The molecule has 0 fully saturated rings. The molecule has 0 saturated carbocycles. The highest BCUT2D eigenvalue weighted by molar-refractivity contribution is 4.93. The molecule has 0 aliphatic carbocycles. The Bertz CT molecular complexity index is 264. The van der Waals surface area contributed by atoms with Crippen molar-refractivity contribution >= 4 is 0 Å². The molecule has 0 aliphatic rings. The summed E-state index contributed by atoms with van der Waals surface area (Å²) >= 11 is 0. The second-order valence-corrected chi connectivity index (χ2v) is 5.72. The second kappa shape index (κ2) is 15.7. The number of unbranched alkanes of at least 4 members (excludes halogenated alkanes) is 8. The van der Waals surface area contributed by atoms with Crippen molar-refractivity contribution in [1.82, 2.24) is 0 Å². The van der Waals surface area contributed by atoms with E-state index in [1.807, 2.05) is 6.08 Å². The molecule has 0 amide bonds. The van der Waals surface area contributed by atoms with Gasteiger partial charge in [0.15, 0.2) is 0 Å². The van der Waals surface area contributed by atoms with Crippen molar-refractivity contribution in [1.29, 1.82) is 0 Å². The first kappa shape index (κ1) is 20.4. The van der Waals surface area contributed by atoms with Crippen LogP contribution in [-0.2, 0) is 0 Å². The first-order valence-corrected chi connectivity index (χ1v) is 8.58. The molecule has 0 saturated heterocycles. The Hall–Kier alpha value is -0.640. The molecule has 0 aromatic rings.